The Kier molecular flexibility index (Phi) is 6.41. The van der Waals surface area contributed by atoms with Crippen molar-refractivity contribution >= 4 is 21.6 Å². The summed E-state index contributed by atoms with van der Waals surface area (Å²) in [4.78, 5) is 12.4. The Morgan fingerprint density at radius 2 is 1.72 bits per heavy atom. The molecule has 4 rings (SSSR count). The molecule has 1 aliphatic carbocycles. The minimum Gasteiger partial charge on any atom is -0.484 e. The van der Waals surface area contributed by atoms with E-state index in [0.29, 0.717) is 5.75 Å². The molecule has 1 aliphatic rings. The van der Waals surface area contributed by atoms with Crippen LogP contribution in [0.1, 0.15) is 30.0 Å². The number of hydrogen-bond acceptors (Lipinski definition) is 4. The predicted molar refractivity (Wildman–Crippen MR) is 119 cm³/mol. The van der Waals surface area contributed by atoms with Gasteiger partial charge in [0.1, 0.15) is 11.6 Å². The van der Waals surface area contributed by atoms with Crippen LogP contribution in [0.15, 0.2) is 77.7 Å². The minimum atomic E-state index is -3.83. The SMILES string of the molecule is O=C(COc1ccc(S(=O)(=O)Nc2ccc(F)cc2)cc1)N[C@@H]1CCCc2ccccc21. The van der Waals surface area contributed by atoms with Crippen molar-refractivity contribution in [2.75, 3.05) is 11.3 Å². The summed E-state index contributed by atoms with van der Waals surface area (Å²) in [6.07, 6.45) is 2.92. The van der Waals surface area contributed by atoms with Crippen LogP contribution in [0, 0.1) is 5.82 Å². The van der Waals surface area contributed by atoms with Crippen molar-refractivity contribution in [2.45, 2.75) is 30.2 Å². The van der Waals surface area contributed by atoms with Crippen molar-refractivity contribution in [3.8, 4) is 5.75 Å². The minimum absolute atomic E-state index is 0.0254. The second-order valence-electron chi connectivity index (χ2n) is 7.58. The largest absolute Gasteiger partial charge is 0.484 e. The summed E-state index contributed by atoms with van der Waals surface area (Å²) in [5.74, 6) is -0.308. The van der Waals surface area contributed by atoms with E-state index in [2.05, 4.69) is 16.1 Å². The summed E-state index contributed by atoms with van der Waals surface area (Å²) in [6, 6.07) is 18.9. The lowest BCUT2D eigenvalue weighted by Crippen LogP contribution is -2.34. The van der Waals surface area contributed by atoms with Crippen molar-refractivity contribution in [1.29, 1.82) is 0 Å². The van der Waals surface area contributed by atoms with E-state index < -0.39 is 15.8 Å². The number of benzene rings is 3. The Morgan fingerprint density at radius 1 is 1.00 bits per heavy atom. The number of carbonyl (C=O) groups excluding carboxylic acids is 1. The van der Waals surface area contributed by atoms with Crippen molar-refractivity contribution in [3.63, 3.8) is 0 Å². The first-order valence-electron chi connectivity index (χ1n) is 10.3. The van der Waals surface area contributed by atoms with Gasteiger partial charge in [0.25, 0.3) is 15.9 Å². The Balaban J connectivity index is 1.33. The van der Waals surface area contributed by atoms with E-state index in [1.165, 1.54) is 54.1 Å². The zero-order valence-electron chi connectivity index (χ0n) is 17.3. The molecule has 2 N–H and O–H groups in total. The third-order valence-corrected chi connectivity index (χ3v) is 6.70. The molecule has 0 saturated carbocycles. The summed E-state index contributed by atoms with van der Waals surface area (Å²) in [5, 5.41) is 3.02. The summed E-state index contributed by atoms with van der Waals surface area (Å²) in [6.45, 7) is -0.168. The number of ether oxygens (including phenoxy) is 1. The van der Waals surface area contributed by atoms with E-state index in [1.807, 2.05) is 18.2 Å². The standard InChI is InChI=1S/C24H23FN2O4S/c25-18-8-10-19(11-9-18)27-32(29,30)21-14-12-20(13-15-21)31-16-24(28)26-23-7-3-5-17-4-1-2-6-22(17)23/h1-2,4,6,8-15,23,27H,3,5,7,16H2,(H,26,28)/t23-/m1/s1. The van der Waals surface area contributed by atoms with Gasteiger partial charge in [-0.3, -0.25) is 9.52 Å². The first-order chi connectivity index (χ1) is 15.4. The highest BCUT2D eigenvalue weighted by Crippen LogP contribution is 2.29. The Bertz CT molecular complexity index is 1200. The molecule has 0 radical (unpaired) electrons. The van der Waals surface area contributed by atoms with Gasteiger partial charge in [0.15, 0.2) is 6.61 Å². The molecule has 8 heteroatoms. The number of aryl methyl sites for hydroxylation is 1. The Morgan fingerprint density at radius 3 is 2.47 bits per heavy atom. The topological polar surface area (TPSA) is 84.5 Å². The third kappa shape index (κ3) is 5.26. The first kappa shape index (κ1) is 21.8. The number of hydrogen-bond donors (Lipinski definition) is 2. The molecular weight excluding hydrogens is 431 g/mol. The van der Waals surface area contributed by atoms with Crippen LogP contribution in [-0.2, 0) is 21.2 Å². The zero-order valence-corrected chi connectivity index (χ0v) is 18.1. The van der Waals surface area contributed by atoms with Gasteiger partial charge in [-0.25, -0.2) is 12.8 Å². The number of fused-ring (bicyclic) bond motifs is 1. The molecule has 0 spiro atoms. The number of nitrogens with one attached hydrogen (secondary N) is 2. The van der Waals surface area contributed by atoms with E-state index in [0.717, 1.165) is 24.8 Å². The van der Waals surface area contributed by atoms with Crippen LogP contribution in [0.3, 0.4) is 0 Å². The normalized spacial score (nSPS) is 15.5. The summed E-state index contributed by atoms with van der Waals surface area (Å²) in [7, 11) is -3.83. The molecule has 0 bridgehead atoms. The van der Waals surface area contributed by atoms with Gasteiger partial charge in [-0.1, -0.05) is 24.3 Å². The Labute approximate surface area is 186 Å². The molecule has 0 aromatic heterocycles. The second-order valence-corrected chi connectivity index (χ2v) is 9.27. The van der Waals surface area contributed by atoms with E-state index in [4.69, 9.17) is 4.74 Å². The van der Waals surface area contributed by atoms with Crippen LogP contribution in [0.4, 0.5) is 10.1 Å². The molecule has 0 fully saturated rings. The Hall–Kier alpha value is -3.39. The first-order valence-corrected chi connectivity index (χ1v) is 11.8. The number of sulfonamides is 1. The van der Waals surface area contributed by atoms with Gasteiger partial charge in [-0.15, -0.1) is 0 Å². The van der Waals surface area contributed by atoms with Crippen LogP contribution in [0.5, 0.6) is 5.75 Å². The van der Waals surface area contributed by atoms with E-state index in [1.54, 1.807) is 0 Å². The predicted octanol–water partition coefficient (Wildman–Crippen LogP) is 4.20. The summed E-state index contributed by atoms with van der Waals surface area (Å²) in [5.41, 5.74) is 2.67. The molecule has 0 saturated heterocycles. The molecule has 3 aromatic carbocycles. The van der Waals surface area contributed by atoms with Gasteiger partial charge in [0.2, 0.25) is 0 Å². The lowest BCUT2D eigenvalue weighted by Gasteiger charge is -2.26. The molecule has 1 atom stereocenters. The van der Waals surface area contributed by atoms with Gasteiger partial charge < -0.3 is 10.1 Å². The van der Waals surface area contributed by atoms with Gasteiger partial charge >= 0.3 is 0 Å². The molecule has 3 aromatic rings. The molecule has 166 valence electrons. The highest BCUT2D eigenvalue weighted by Gasteiger charge is 2.21. The molecule has 6 nitrogen and oxygen atoms in total. The maximum absolute atomic E-state index is 13.0. The van der Waals surface area contributed by atoms with Crippen molar-refractivity contribution in [3.05, 3.63) is 89.7 Å². The fourth-order valence-electron chi connectivity index (χ4n) is 3.74. The van der Waals surface area contributed by atoms with Crippen LogP contribution in [-0.4, -0.2) is 20.9 Å². The van der Waals surface area contributed by atoms with Gasteiger partial charge in [-0.2, -0.15) is 0 Å². The lowest BCUT2D eigenvalue weighted by atomic mass is 9.88. The number of halogens is 1. The van der Waals surface area contributed by atoms with Crippen molar-refractivity contribution in [2.24, 2.45) is 0 Å². The number of anilines is 1. The van der Waals surface area contributed by atoms with Crippen molar-refractivity contribution in [1.82, 2.24) is 5.32 Å². The van der Waals surface area contributed by atoms with Gasteiger partial charge in [-0.05, 0) is 78.9 Å². The van der Waals surface area contributed by atoms with Crippen LogP contribution in [0.25, 0.3) is 0 Å². The fourth-order valence-corrected chi connectivity index (χ4v) is 4.79. The monoisotopic (exact) mass is 454 g/mol. The number of amides is 1. The fraction of sp³-hybridized carbons (Fsp3) is 0.208. The molecular formula is C24H23FN2O4S. The lowest BCUT2D eigenvalue weighted by molar-refractivity contribution is -0.124. The van der Waals surface area contributed by atoms with Crippen LogP contribution in [0.2, 0.25) is 0 Å². The second kappa shape index (κ2) is 9.40. The average Bonchev–Trinajstić information content (AvgIpc) is 2.80. The van der Waals surface area contributed by atoms with Gasteiger partial charge in [0, 0.05) is 5.69 Å². The highest BCUT2D eigenvalue weighted by molar-refractivity contribution is 7.92. The molecule has 32 heavy (non-hydrogen) atoms. The molecule has 0 unspecified atom stereocenters. The number of carbonyl (C=O) groups is 1. The van der Waals surface area contributed by atoms with Gasteiger partial charge in [0.05, 0.1) is 10.9 Å². The van der Waals surface area contributed by atoms with E-state index in [-0.39, 0.29) is 29.1 Å². The van der Waals surface area contributed by atoms with Crippen molar-refractivity contribution < 1.29 is 22.3 Å². The average molecular weight is 455 g/mol. The maximum Gasteiger partial charge on any atom is 0.261 e. The molecule has 0 heterocycles. The summed E-state index contributed by atoms with van der Waals surface area (Å²) < 4.78 is 45.9. The quantitative estimate of drug-likeness (QED) is 0.560. The third-order valence-electron chi connectivity index (χ3n) is 5.31. The number of rotatable bonds is 7. The smallest absolute Gasteiger partial charge is 0.261 e. The zero-order chi connectivity index (χ0) is 22.6. The maximum atomic E-state index is 13.0. The molecule has 0 aliphatic heterocycles. The molecule has 1 amide bonds. The van der Waals surface area contributed by atoms with Crippen LogP contribution < -0.4 is 14.8 Å². The highest BCUT2D eigenvalue weighted by atomic mass is 32.2. The van der Waals surface area contributed by atoms with E-state index >= 15 is 0 Å². The van der Waals surface area contributed by atoms with E-state index in [9.17, 15) is 17.6 Å². The summed E-state index contributed by atoms with van der Waals surface area (Å²) >= 11 is 0. The van der Waals surface area contributed by atoms with Crippen LogP contribution >= 0.6 is 0 Å².